The van der Waals surface area contributed by atoms with Gasteiger partial charge in [0, 0.05) is 32.7 Å². The fourth-order valence-corrected chi connectivity index (χ4v) is 7.30. The lowest BCUT2D eigenvalue weighted by Gasteiger charge is -2.18. The van der Waals surface area contributed by atoms with Crippen molar-refractivity contribution < 1.29 is 8.78 Å². The van der Waals surface area contributed by atoms with Crippen molar-refractivity contribution in [2.75, 3.05) is 0 Å². The minimum Gasteiger partial charge on any atom is -0.304 e. The largest absolute Gasteiger partial charge is 0.304 e. The molecule has 6 aromatic carbocycles. The van der Waals surface area contributed by atoms with Crippen molar-refractivity contribution in [1.82, 2.24) is 29.1 Å². The first-order valence-electron chi connectivity index (χ1n) is 16.9. The van der Waals surface area contributed by atoms with Gasteiger partial charge in [-0.25, -0.2) is 19.3 Å². The minimum atomic E-state index is -0.872. The summed E-state index contributed by atoms with van der Waals surface area (Å²) < 4.78 is 39.0. The molecule has 6 nitrogen and oxygen atoms in total. The molecule has 0 saturated heterocycles. The van der Waals surface area contributed by atoms with Crippen molar-refractivity contribution in [1.29, 1.82) is 0 Å². The second-order valence-electron chi connectivity index (χ2n) is 12.5. The van der Waals surface area contributed by atoms with Crippen molar-refractivity contribution in [2.45, 2.75) is 0 Å². The molecule has 52 heavy (non-hydrogen) atoms. The van der Waals surface area contributed by atoms with Gasteiger partial charge in [-0.2, -0.15) is 9.37 Å². The van der Waals surface area contributed by atoms with E-state index in [4.69, 9.17) is 15.0 Å². The fraction of sp³-hybridized carbons (Fsp3) is 0. The number of hydrogen-bond donors (Lipinski definition) is 0. The van der Waals surface area contributed by atoms with Crippen LogP contribution in [0.25, 0.3) is 89.3 Å². The molecular weight excluding hydrogens is 651 g/mol. The number of halogens is 2. The first-order valence-corrected chi connectivity index (χ1v) is 16.9. The Morgan fingerprint density at radius 3 is 1.17 bits per heavy atom. The van der Waals surface area contributed by atoms with Gasteiger partial charge in [-0.05, 0) is 24.3 Å². The van der Waals surface area contributed by atoms with Crippen molar-refractivity contribution in [3.8, 4) is 45.7 Å². The van der Waals surface area contributed by atoms with Crippen LogP contribution in [0.5, 0.6) is 0 Å². The number of para-hydroxylation sites is 4. The molecule has 0 aliphatic rings. The predicted molar refractivity (Wildman–Crippen MR) is 203 cm³/mol. The second-order valence-corrected chi connectivity index (χ2v) is 12.5. The summed E-state index contributed by atoms with van der Waals surface area (Å²) >= 11 is 0. The summed E-state index contributed by atoms with van der Waals surface area (Å²) in [5.74, 6) is -1.21. The van der Waals surface area contributed by atoms with E-state index in [9.17, 15) is 0 Å². The van der Waals surface area contributed by atoms with Crippen molar-refractivity contribution in [3.05, 3.63) is 169 Å². The topological polar surface area (TPSA) is 61.4 Å². The van der Waals surface area contributed by atoms with Crippen molar-refractivity contribution in [3.63, 3.8) is 0 Å². The van der Waals surface area contributed by atoms with Crippen LogP contribution in [0.2, 0.25) is 0 Å². The zero-order valence-corrected chi connectivity index (χ0v) is 27.5. The van der Waals surface area contributed by atoms with Crippen molar-refractivity contribution >= 4 is 43.6 Å². The quantitative estimate of drug-likeness (QED) is 0.170. The summed E-state index contributed by atoms with van der Waals surface area (Å²) in [6.45, 7) is 0. The molecule has 0 unspecified atom stereocenters. The van der Waals surface area contributed by atoms with E-state index in [1.807, 2.05) is 158 Å². The van der Waals surface area contributed by atoms with E-state index < -0.39 is 11.8 Å². The second kappa shape index (κ2) is 11.8. The normalized spacial score (nSPS) is 11.7. The van der Waals surface area contributed by atoms with Crippen LogP contribution < -0.4 is 0 Å². The lowest BCUT2D eigenvalue weighted by atomic mass is 10.1. The Labute approximate surface area is 295 Å². The molecule has 0 aliphatic heterocycles. The summed E-state index contributed by atoms with van der Waals surface area (Å²) in [5.41, 5.74) is 3.95. The smallest absolute Gasteiger partial charge is 0.240 e. The Bertz CT molecular complexity index is 2820. The highest BCUT2D eigenvalue weighted by Gasteiger charge is 2.30. The lowest BCUT2D eigenvalue weighted by Crippen LogP contribution is -2.13. The van der Waals surface area contributed by atoms with E-state index in [0.717, 1.165) is 21.5 Å². The zero-order chi connectivity index (χ0) is 34.8. The number of hydrogen-bond acceptors (Lipinski definition) is 4. The average Bonchev–Trinajstić information content (AvgIpc) is 3.72. The van der Waals surface area contributed by atoms with E-state index in [1.165, 1.54) is 0 Å². The average molecular weight is 677 g/mol. The number of fused-ring (bicyclic) bond motifs is 6. The van der Waals surface area contributed by atoms with Crippen molar-refractivity contribution in [2.24, 2.45) is 0 Å². The Morgan fingerprint density at radius 1 is 0.365 bits per heavy atom. The molecule has 0 N–H and O–H groups in total. The number of aromatic nitrogens is 6. The molecule has 0 amide bonds. The van der Waals surface area contributed by atoms with E-state index in [1.54, 1.807) is 9.13 Å². The number of rotatable bonds is 5. The first kappa shape index (κ1) is 29.8. The molecule has 10 aromatic rings. The van der Waals surface area contributed by atoms with Gasteiger partial charge in [0.25, 0.3) is 0 Å². The van der Waals surface area contributed by atoms with E-state index in [2.05, 4.69) is 4.98 Å². The molecule has 4 heterocycles. The molecule has 0 fully saturated rings. The Hall–Kier alpha value is -7.06. The number of pyridine rings is 1. The maximum Gasteiger partial charge on any atom is 0.240 e. The molecule has 246 valence electrons. The SMILES string of the molecule is Fc1nc(-n2c3ccccc3c3ccccc32)c(F)c(-c2nc(-c3ccccc3)nc(-c3ccccc3)n2)c1-n1c2ccccc2c2ccccc21. The molecule has 8 heteroatoms. The van der Waals surface area contributed by atoms with E-state index in [-0.39, 0.29) is 22.9 Å². The maximum atomic E-state index is 18.1. The maximum absolute atomic E-state index is 18.1. The zero-order valence-electron chi connectivity index (χ0n) is 27.5. The van der Waals surface area contributed by atoms with Crippen LogP contribution in [-0.2, 0) is 0 Å². The molecule has 4 aromatic heterocycles. The van der Waals surface area contributed by atoms with Gasteiger partial charge in [0.05, 0.1) is 27.6 Å². The van der Waals surface area contributed by atoms with Gasteiger partial charge in [-0.3, -0.25) is 4.57 Å². The summed E-state index contributed by atoms with van der Waals surface area (Å²) in [6.07, 6.45) is 0. The monoisotopic (exact) mass is 676 g/mol. The summed E-state index contributed by atoms with van der Waals surface area (Å²) in [6, 6.07) is 49.6. The van der Waals surface area contributed by atoms with Crippen LogP contribution in [0.3, 0.4) is 0 Å². The fourth-order valence-electron chi connectivity index (χ4n) is 7.30. The Balaban J connectivity index is 1.37. The van der Waals surface area contributed by atoms with Crippen LogP contribution in [0.4, 0.5) is 8.78 Å². The summed E-state index contributed by atoms with van der Waals surface area (Å²) in [5, 5.41) is 3.57. The molecule has 0 saturated carbocycles. The highest BCUT2D eigenvalue weighted by molar-refractivity contribution is 6.10. The van der Waals surface area contributed by atoms with Crippen LogP contribution >= 0.6 is 0 Å². The highest BCUT2D eigenvalue weighted by atomic mass is 19.1. The number of benzene rings is 6. The van der Waals surface area contributed by atoms with Crippen LogP contribution in [0, 0.1) is 11.8 Å². The van der Waals surface area contributed by atoms with Gasteiger partial charge in [0.2, 0.25) is 5.95 Å². The number of nitrogens with zero attached hydrogens (tertiary/aromatic N) is 6. The van der Waals surface area contributed by atoms with Gasteiger partial charge in [0.15, 0.2) is 29.1 Å². The van der Waals surface area contributed by atoms with Gasteiger partial charge >= 0.3 is 0 Å². The van der Waals surface area contributed by atoms with Crippen LogP contribution in [0.15, 0.2) is 158 Å². The van der Waals surface area contributed by atoms with E-state index >= 15 is 8.78 Å². The Kier molecular flexibility index (Phi) is 6.75. The first-order chi connectivity index (χ1) is 25.7. The molecule has 0 atom stereocenters. The molecule has 0 aliphatic carbocycles. The molecule has 0 radical (unpaired) electrons. The summed E-state index contributed by atoms with van der Waals surface area (Å²) in [4.78, 5) is 19.1. The third-order valence-corrected chi connectivity index (χ3v) is 9.57. The molecular formula is C44H26F2N6. The van der Waals surface area contributed by atoms with Crippen LogP contribution in [0.1, 0.15) is 0 Å². The molecule has 10 rings (SSSR count). The van der Waals surface area contributed by atoms with Gasteiger partial charge in [-0.1, -0.05) is 133 Å². The van der Waals surface area contributed by atoms with Gasteiger partial charge in [0.1, 0.15) is 5.69 Å². The predicted octanol–water partition coefficient (Wildman–Crippen LogP) is 10.7. The molecule has 0 spiro atoms. The van der Waals surface area contributed by atoms with E-state index in [0.29, 0.717) is 44.8 Å². The standard InChI is InChI=1S/C44H26F2N6/c45-38-37(43-49-41(27-15-3-1-4-16-27)48-42(50-43)28-17-5-2-6-18-28)39(51-33-23-11-7-19-29(33)30-20-8-12-24-34(30)51)40(46)47-44(38)52-35-25-13-9-21-31(35)32-22-10-14-26-36(32)52/h1-26H. The van der Waals surface area contributed by atoms with Crippen LogP contribution in [-0.4, -0.2) is 29.1 Å². The lowest BCUT2D eigenvalue weighted by molar-refractivity contribution is 0.550. The highest BCUT2D eigenvalue weighted by Crippen LogP contribution is 2.41. The minimum absolute atomic E-state index is 0.0228. The third kappa shape index (κ3) is 4.54. The molecule has 0 bridgehead atoms. The van der Waals surface area contributed by atoms with Gasteiger partial charge < -0.3 is 4.57 Å². The summed E-state index contributed by atoms with van der Waals surface area (Å²) in [7, 11) is 0. The van der Waals surface area contributed by atoms with Gasteiger partial charge in [-0.15, -0.1) is 0 Å². The Morgan fingerprint density at radius 2 is 0.731 bits per heavy atom. The third-order valence-electron chi connectivity index (χ3n) is 9.57.